The SMILES string of the molecule is CC(=O)[C@@H]1CC[C@@H]2[C@@H]3CC[C@@H]4C[C@H](OS(C)(=O)=O)CC[C@]4(C)[C@H]3C(=O)C[C@]21C. The Bertz CT molecular complexity index is 789. The molecule has 0 radical (unpaired) electrons. The Hall–Kier alpha value is -0.750. The van der Waals surface area contributed by atoms with E-state index in [2.05, 4.69) is 13.8 Å². The van der Waals surface area contributed by atoms with E-state index in [9.17, 15) is 18.0 Å². The summed E-state index contributed by atoms with van der Waals surface area (Å²) in [5.74, 6) is 1.88. The predicted octanol–water partition coefficient (Wildman–Crippen LogP) is 3.76. The summed E-state index contributed by atoms with van der Waals surface area (Å²) < 4.78 is 28.4. The highest BCUT2D eigenvalue weighted by molar-refractivity contribution is 7.86. The van der Waals surface area contributed by atoms with Crippen LogP contribution in [-0.2, 0) is 23.9 Å². The molecule has 0 saturated heterocycles. The number of rotatable bonds is 3. The summed E-state index contributed by atoms with van der Waals surface area (Å²) in [4.78, 5) is 25.7. The van der Waals surface area contributed by atoms with Crippen LogP contribution in [0.3, 0.4) is 0 Å². The van der Waals surface area contributed by atoms with Gasteiger partial charge in [0.05, 0.1) is 12.4 Å². The molecule has 5 nitrogen and oxygen atoms in total. The number of hydrogen-bond donors (Lipinski definition) is 0. The first-order valence-electron chi connectivity index (χ1n) is 10.9. The van der Waals surface area contributed by atoms with Crippen LogP contribution >= 0.6 is 0 Å². The maximum absolute atomic E-state index is 13.5. The minimum Gasteiger partial charge on any atom is -0.300 e. The summed E-state index contributed by atoms with van der Waals surface area (Å²) in [6.07, 6.45) is 7.74. The summed E-state index contributed by atoms with van der Waals surface area (Å²) in [5.41, 5.74) is -0.225. The maximum Gasteiger partial charge on any atom is 0.264 e. The van der Waals surface area contributed by atoms with Gasteiger partial charge < -0.3 is 0 Å². The third-order valence-electron chi connectivity index (χ3n) is 9.10. The lowest BCUT2D eigenvalue weighted by Gasteiger charge is -2.59. The molecule has 158 valence electrons. The van der Waals surface area contributed by atoms with Crippen LogP contribution in [0.4, 0.5) is 0 Å². The normalized spacial score (nSPS) is 48.5. The monoisotopic (exact) mass is 410 g/mol. The second-order valence-corrected chi connectivity index (χ2v) is 12.2. The van der Waals surface area contributed by atoms with E-state index in [-0.39, 0.29) is 34.6 Å². The molecule has 0 amide bonds. The third kappa shape index (κ3) is 3.10. The Kier molecular flexibility index (Phi) is 4.86. The average Bonchev–Trinajstić information content (AvgIpc) is 2.90. The van der Waals surface area contributed by atoms with Crippen molar-refractivity contribution in [1.82, 2.24) is 0 Å². The second-order valence-electron chi connectivity index (χ2n) is 10.6. The molecule has 0 aromatic carbocycles. The van der Waals surface area contributed by atoms with Gasteiger partial charge in [0.2, 0.25) is 0 Å². The van der Waals surface area contributed by atoms with E-state index in [0.29, 0.717) is 36.4 Å². The van der Waals surface area contributed by atoms with Crippen LogP contribution in [0.15, 0.2) is 0 Å². The minimum absolute atomic E-state index is 0.0341. The maximum atomic E-state index is 13.5. The number of ketones is 2. The Labute approximate surface area is 169 Å². The fourth-order valence-corrected chi connectivity index (χ4v) is 8.71. The molecule has 0 spiro atoms. The van der Waals surface area contributed by atoms with Gasteiger partial charge in [0.15, 0.2) is 0 Å². The van der Waals surface area contributed by atoms with Crippen molar-refractivity contribution in [3.05, 3.63) is 0 Å². The van der Waals surface area contributed by atoms with Crippen LogP contribution < -0.4 is 0 Å². The van der Waals surface area contributed by atoms with Gasteiger partial charge in [0.1, 0.15) is 11.6 Å². The second kappa shape index (κ2) is 6.63. The average molecular weight is 411 g/mol. The molecule has 0 bridgehead atoms. The molecule has 0 heterocycles. The summed E-state index contributed by atoms with van der Waals surface area (Å²) in [6.45, 7) is 6.15. The quantitative estimate of drug-likeness (QED) is 0.662. The number of fused-ring (bicyclic) bond motifs is 5. The van der Waals surface area contributed by atoms with Gasteiger partial charge in [-0.15, -0.1) is 0 Å². The fourth-order valence-electron chi connectivity index (χ4n) is 8.04. The molecule has 4 aliphatic rings. The van der Waals surface area contributed by atoms with Gasteiger partial charge in [-0.2, -0.15) is 8.42 Å². The Morgan fingerprint density at radius 3 is 2.43 bits per heavy atom. The molecule has 4 saturated carbocycles. The summed E-state index contributed by atoms with van der Waals surface area (Å²) >= 11 is 0. The fraction of sp³-hybridized carbons (Fsp3) is 0.909. The summed E-state index contributed by atoms with van der Waals surface area (Å²) in [6, 6.07) is 0. The molecule has 4 fully saturated rings. The smallest absolute Gasteiger partial charge is 0.264 e. The molecule has 0 aromatic rings. The highest BCUT2D eigenvalue weighted by Crippen LogP contribution is 2.66. The van der Waals surface area contributed by atoms with Crippen molar-refractivity contribution in [3.8, 4) is 0 Å². The van der Waals surface area contributed by atoms with Gasteiger partial charge in [0.25, 0.3) is 10.1 Å². The Balaban J connectivity index is 1.59. The van der Waals surface area contributed by atoms with E-state index < -0.39 is 10.1 Å². The van der Waals surface area contributed by atoms with E-state index in [1.54, 1.807) is 6.92 Å². The lowest BCUT2D eigenvalue weighted by atomic mass is 9.44. The number of Topliss-reactive ketones (excluding diaryl/α,β-unsaturated/α-hetero) is 2. The van der Waals surface area contributed by atoms with E-state index in [0.717, 1.165) is 44.8 Å². The first-order valence-corrected chi connectivity index (χ1v) is 12.7. The zero-order chi connectivity index (χ0) is 20.5. The molecule has 28 heavy (non-hydrogen) atoms. The highest BCUT2D eigenvalue weighted by Gasteiger charge is 2.63. The zero-order valence-corrected chi connectivity index (χ0v) is 18.4. The Morgan fingerprint density at radius 2 is 1.79 bits per heavy atom. The minimum atomic E-state index is -3.45. The van der Waals surface area contributed by atoms with Crippen molar-refractivity contribution < 1.29 is 22.2 Å². The zero-order valence-electron chi connectivity index (χ0n) is 17.6. The standard InChI is InChI=1S/C22H34O5S/c1-13(23)17-7-8-18-16-6-5-14-11-15(27-28(4,25)26)9-10-21(14,2)20(16)19(24)12-22(17,18)3/h14-18,20H,5-12H2,1-4H3/t14-,15-,16+,17+,18-,20-,21+,22+/m1/s1. The van der Waals surface area contributed by atoms with Crippen molar-refractivity contribution >= 4 is 21.7 Å². The van der Waals surface area contributed by atoms with Crippen molar-refractivity contribution in [2.75, 3.05) is 6.26 Å². The van der Waals surface area contributed by atoms with Crippen LogP contribution in [0.2, 0.25) is 0 Å². The predicted molar refractivity (Wildman–Crippen MR) is 106 cm³/mol. The van der Waals surface area contributed by atoms with Gasteiger partial charge in [0, 0.05) is 18.3 Å². The summed E-state index contributed by atoms with van der Waals surface area (Å²) in [7, 11) is -3.45. The van der Waals surface area contributed by atoms with Crippen molar-refractivity contribution in [1.29, 1.82) is 0 Å². The largest absolute Gasteiger partial charge is 0.300 e. The molecule has 0 aromatic heterocycles. The van der Waals surface area contributed by atoms with Crippen LogP contribution in [0, 0.1) is 40.4 Å². The van der Waals surface area contributed by atoms with E-state index in [4.69, 9.17) is 4.18 Å². The molecule has 6 heteroatoms. The van der Waals surface area contributed by atoms with Crippen LogP contribution in [0.1, 0.15) is 72.1 Å². The van der Waals surface area contributed by atoms with Gasteiger partial charge >= 0.3 is 0 Å². The van der Waals surface area contributed by atoms with Crippen molar-refractivity contribution in [2.24, 2.45) is 40.4 Å². The molecule has 0 aliphatic heterocycles. The lowest BCUT2D eigenvalue weighted by molar-refractivity contribution is -0.161. The molecular formula is C22H34O5S. The number of carbonyl (C=O) groups excluding carboxylic acids is 2. The van der Waals surface area contributed by atoms with Crippen molar-refractivity contribution in [2.45, 2.75) is 78.2 Å². The topological polar surface area (TPSA) is 77.5 Å². The molecular weight excluding hydrogens is 376 g/mol. The summed E-state index contributed by atoms with van der Waals surface area (Å²) in [5, 5.41) is 0. The third-order valence-corrected chi connectivity index (χ3v) is 9.72. The number of carbonyl (C=O) groups is 2. The molecule has 0 unspecified atom stereocenters. The van der Waals surface area contributed by atoms with Crippen LogP contribution in [0.5, 0.6) is 0 Å². The van der Waals surface area contributed by atoms with Gasteiger partial charge in [-0.3, -0.25) is 13.8 Å². The van der Waals surface area contributed by atoms with Gasteiger partial charge in [-0.1, -0.05) is 13.8 Å². The first kappa shape index (κ1) is 20.5. The molecule has 4 rings (SSSR count). The van der Waals surface area contributed by atoms with Crippen LogP contribution in [0.25, 0.3) is 0 Å². The van der Waals surface area contributed by atoms with E-state index in [1.165, 1.54) is 0 Å². The molecule has 8 atom stereocenters. The van der Waals surface area contributed by atoms with Crippen LogP contribution in [-0.4, -0.2) is 32.3 Å². The molecule has 0 N–H and O–H groups in total. The number of hydrogen-bond acceptors (Lipinski definition) is 5. The van der Waals surface area contributed by atoms with Gasteiger partial charge in [-0.25, -0.2) is 0 Å². The van der Waals surface area contributed by atoms with Crippen molar-refractivity contribution in [3.63, 3.8) is 0 Å². The Morgan fingerprint density at radius 1 is 1.07 bits per heavy atom. The van der Waals surface area contributed by atoms with E-state index in [1.807, 2.05) is 0 Å². The molecule has 4 aliphatic carbocycles. The van der Waals surface area contributed by atoms with Gasteiger partial charge in [-0.05, 0) is 80.5 Å². The first-order chi connectivity index (χ1) is 13.0. The van der Waals surface area contributed by atoms with E-state index >= 15 is 0 Å². The highest BCUT2D eigenvalue weighted by atomic mass is 32.2. The lowest BCUT2D eigenvalue weighted by Crippen LogP contribution is -2.58.